The molecule has 0 aliphatic rings. The fourth-order valence-electron chi connectivity index (χ4n) is 2.02. The van der Waals surface area contributed by atoms with Gasteiger partial charge in [-0.3, -0.25) is 4.90 Å². The van der Waals surface area contributed by atoms with Gasteiger partial charge in [0.15, 0.2) is 0 Å². The quantitative estimate of drug-likeness (QED) is 0.746. The number of rotatable bonds is 8. The maximum absolute atomic E-state index is 12.4. The van der Waals surface area contributed by atoms with Crippen LogP contribution in [0, 0.1) is 0 Å². The Morgan fingerprint density at radius 1 is 1.32 bits per heavy atom. The van der Waals surface area contributed by atoms with E-state index >= 15 is 0 Å². The molecule has 120 valence electrons. The lowest BCUT2D eigenvalue weighted by atomic mass is 10.2. The van der Waals surface area contributed by atoms with E-state index in [1.807, 2.05) is 7.05 Å². The molecule has 0 atom stereocenters. The highest BCUT2D eigenvalue weighted by molar-refractivity contribution is 5.63. The molecule has 7 heteroatoms. The highest BCUT2D eigenvalue weighted by atomic mass is 19.3. The molecule has 0 spiro atoms. The molecule has 0 radical (unpaired) electrons. The van der Waals surface area contributed by atoms with E-state index in [4.69, 9.17) is 4.52 Å². The Hall–Kier alpha value is -2.02. The second-order valence-electron chi connectivity index (χ2n) is 4.98. The summed E-state index contributed by atoms with van der Waals surface area (Å²) in [6.45, 7) is 0.677. The van der Waals surface area contributed by atoms with Crippen molar-refractivity contribution in [3.05, 3.63) is 30.2 Å². The van der Waals surface area contributed by atoms with E-state index in [0.717, 1.165) is 19.4 Å². The zero-order valence-electron chi connectivity index (χ0n) is 12.6. The van der Waals surface area contributed by atoms with Crippen LogP contribution in [0.5, 0.6) is 5.75 Å². The molecule has 2 rings (SSSR count). The number of nitrogens with zero attached hydrogens (tertiary/aromatic N) is 3. The molecule has 0 unspecified atom stereocenters. The van der Waals surface area contributed by atoms with Gasteiger partial charge < -0.3 is 9.26 Å². The monoisotopic (exact) mass is 311 g/mol. The van der Waals surface area contributed by atoms with Crippen LogP contribution < -0.4 is 4.74 Å². The van der Waals surface area contributed by atoms with Crippen molar-refractivity contribution < 1.29 is 18.0 Å². The van der Waals surface area contributed by atoms with Crippen LogP contribution in [0.2, 0.25) is 0 Å². The average molecular weight is 311 g/mol. The molecule has 0 amide bonds. The molecule has 1 aromatic heterocycles. The number of ether oxygens (including phenoxy) is 1. The molecule has 5 nitrogen and oxygen atoms in total. The number of aromatic nitrogens is 2. The molecule has 0 saturated heterocycles. The summed E-state index contributed by atoms with van der Waals surface area (Å²) in [5.41, 5.74) is 0.383. The number of benzene rings is 1. The third-order valence-electron chi connectivity index (χ3n) is 3.11. The van der Waals surface area contributed by atoms with Gasteiger partial charge in [0.1, 0.15) is 5.75 Å². The first-order valence-corrected chi connectivity index (χ1v) is 7.15. The number of para-hydroxylation sites is 1. The molecule has 1 aromatic carbocycles. The molecular formula is C15H19F2N3O2. The van der Waals surface area contributed by atoms with Crippen molar-refractivity contribution in [1.29, 1.82) is 0 Å². The van der Waals surface area contributed by atoms with Crippen LogP contribution in [-0.4, -0.2) is 35.2 Å². The smallest absolute Gasteiger partial charge is 0.387 e. The summed E-state index contributed by atoms with van der Waals surface area (Å²) in [5.74, 6) is 0.722. The number of unbranched alkanes of at least 4 members (excludes halogenated alkanes) is 1. The summed E-state index contributed by atoms with van der Waals surface area (Å²) < 4.78 is 34.5. The maximum atomic E-state index is 12.4. The van der Waals surface area contributed by atoms with Crippen LogP contribution in [0.3, 0.4) is 0 Å². The van der Waals surface area contributed by atoms with Gasteiger partial charge in [0.25, 0.3) is 0 Å². The largest absolute Gasteiger partial charge is 0.434 e. The minimum absolute atomic E-state index is 0.0317. The molecule has 2 aromatic rings. The lowest BCUT2D eigenvalue weighted by Crippen LogP contribution is -2.19. The zero-order valence-corrected chi connectivity index (χ0v) is 12.6. The predicted molar refractivity (Wildman–Crippen MR) is 77.6 cm³/mol. The van der Waals surface area contributed by atoms with Gasteiger partial charge in [-0.1, -0.05) is 30.6 Å². The zero-order chi connectivity index (χ0) is 15.9. The average Bonchev–Trinajstić information content (AvgIpc) is 2.93. The highest BCUT2D eigenvalue weighted by Gasteiger charge is 2.16. The first-order chi connectivity index (χ1) is 10.6. The Kier molecular flexibility index (Phi) is 5.83. The minimum Gasteiger partial charge on any atom is -0.434 e. The summed E-state index contributed by atoms with van der Waals surface area (Å²) >= 11 is 0. The van der Waals surface area contributed by atoms with Gasteiger partial charge in [-0.05, 0) is 32.1 Å². The fraction of sp³-hybridized carbons (Fsp3) is 0.467. The second kappa shape index (κ2) is 7.84. The summed E-state index contributed by atoms with van der Waals surface area (Å²) in [4.78, 5) is 6.32. The molecule has 0 bridgehead atoms. The molecule has 0 fully saturated rings. The third kappa shape index (κ3) is 4.49. The van der Waals surface area contributed by atoms with Crippen LogP contribution >= 0.6 is 0 Å². The van der Waals surface area contributed by atoms with E-state index < -0.39 is 6.61 Å². The van der Waals surface area contributed by atoms with E-state index in [2.05, 4.69) is 26.7 Å². The molecule has 0 N–H and O–H groups in total. The van der Waals surface area contributed by atoms with Gasteiger partial charge in [0.2, 0.25) is 11.7 Å². The van der Waals surface area contributed by atoms with Gasteiger partial charge in [0, 0.05) is 0 Å². The first kappa shape index (κ1) is 16.4. The van der Waals surface area contributed by atoms with E-state index in [9.17, 15) is 8.78 Å². The van der Waals surface area contributed by atoms with Crippen molar-refractivity contribution >= 4 is 0 Å². The number of hydrogen-bond donors (Lipinski definition) is 0. The standard InChI is InChI=1S/C15H19F2N3O2/c1-3-4-9-20(2)10-13-18-14(19-22-13)11-7-5-6-8-12(11)21-15(16)17/h5-8,15H,3-4,9-10H2,1-2H3. The Morgan fingerprint density at radius 3 is 2.82 bits per heavy atom. The third-order valence-corrected chi connectivity index (χ3v) is 3.11. The summed E-state index contributed by atoms with van der Waals surface area (Å²) in [7, 11) is 1.97. The normalized spacial score (nSPS) is 11.4. The minimum atomic E-state index is -2.90. The maximum Gasteiger partial charge on any atom is 0.387 e. The Morgan fingerprint density at radius 2 is 2.09 bits per heavy atom. The van der Waals surface area contributed by atoms with Gasteiger partial charge in [-0.2, -0.15) is 13.8 Å². The molecule has 1 heterocycles. The topological polar surface area (TPSA) is 51.4 Å². The molecule has 0 saturated carbocycles. The van der Waals surface area contributed by atoms with E-state index in [1.54, 1.807) is 18.2 Å². The molecule has 22 heavy (non-hydrogen) atoms. The van der Waals surface area contributed by atoms with Crippen molar-refractivity contribution in [1.82, 2.24) is 15.0 Å². The number of alkyl halides is 2. The number of halogens is 2. The van der Waals surface area contributed by atoms with Crippen LogP contribution in [0.4, 0.5) is 8.78 Å². The summed E-state index contributed by atoms with van der Waals surface area (Å²) in [5, 5.41) is 3.85. The fourth-order valence-corrected chi connectivity index (χ4v) is 2.02. The molecular weight excluding hydrogens is 292 g/mol. The van der Waals surface area contributed by atoms with Crippen LogP contribution in [0.25, 0.3) is 11.4 Å². The Labute approximate surface area is 127 Å². The predicted octanol–water partition coefficient (Wildman–Crippen LogP) is 3.57. The molecule has 0 aliphatic heterocycles. The van der Waals surface area contributed by atoms with Crippen molar-refractivity contribution in [2.45, 2.75) is 32.9 Å². The van der Waals surface area contributed by atoms with Crippen molar-refractivity contribution in [2.24, 2.45) is 0 Å². The lowest BCUT2D eigenvalue weighted by molar-refractivity contribution is -0.0494. The Balaban J connectivity index is 2.11. The number of hydrogen-bond acceptors (Lipinski definition) is 5. The first-order valence-electron chi connectivity index (χ1n) is 7.15. The van der Waals surface area contributed by atoms with Crippen molar-refractivity contribution in [2.75, 3.05) is 13.6 Å². The lowest BCUT2D eigenvalue weighted by Gasteiger charge is -2.12. The second-order valence-corrected chi connectivity index (χ2v) is 4.98. The van der Waals surface area contributed by atoms with E-state index in [-0.39, 0.29) is 11.6 Å². The van der Waals surface area contributed by atoms with Gasteiger partial charge in [0.05, 0.1) is 12.1 Å². The van der Waals surface area contributed by atoms with Gasteiger partial charge in [-0.25, -0.2) is 0 Å². The van der Waals surface area contributed by atoms with E-state index in [0.29, 0.717) is 18.0 Å². The van der Waals surface area contributed by atoms with Crippen LogP contribution in [0.1, 0.15) is 25.7 Å². The Bertz CT molecular complexity index is 590. The summed E-state index contributed by atoms with van der Waals surface area (Å²) in [6.07, 6.45) is 2.19. The highest BCUT2D eigenvalue weighted by Crippen LogP contribution is 2.28. The SMILES string of the molecule is CCCCN(C)Cc1nc(-c2ccccc2OC(F)F)no1. The summed E-state index contributed by atoms with van der Waals surface area (Å²) in [6, 6.07) is 6.38. The van der Waals surface area contributed by atoms with Gasteiger partial charge >= 0.3 is 6.61 Å². The molecule has 0 aliphatic carbocycles. The van der Waals surface area contributed by atoms with Crippen molar-refractivity contribution in [3.63, 3.8) is 0 Å². The van der Waals surface area contributed by atoms with Gasteiger partial charge in [-0.15, -0.1) is 0 Å². The van der Waals surface area contributed by atoms with Crippen LogP contribution in [0.15, 0.2) is 28.8 Å². The van der Waals surface area contributed by atoms with Crippen molar-refractivity contribution in [3.8, 4) is 17.1 Å². The van der Waals surface area contributed by atoms with Crippen LogP contribution in [-0.2, 0) is 6.54 Å². The van der Waals surface area contributed by atoms with E-state index in [1.165, 1.54) is 6.07 Å².